The number of aromatic amines is 1. The number of aromatic nitrogens is 6. The molecule has 0 saturated carbocycles. The molecule has 8 nitrogen and oxygen atoms in total. The minimum absolute atomic E-state index is 0.132. The van der Waals surface area contributed by atoms with E-state index < -0.39 is 0 Å². The van der Waals surface area contributed by atoms with E-state index in [0.717, 1.165) is 16.9 Å². The van der Waals surface area contributed by atoms with E-state index in [9.17, 15) is 4.79 Å². The molecule has 0 fully saturated rings. The highest BCUT2D eigenvalue weighted by atomic mass is 35.5. The third kappa shape index (κ3) is 4.31. The van der Waals surface area contributed by atoms with Crippen LogP contribution in [0, 0.1) is 5.92 Å². The molecule has 4 aromatic rings. The highest BCUT2D eigenvalue weighted by molar-refractivity contribution is 7.99. The number of rotatable bonds is 7. The highest BCUT2D eigenvalue weighted by Gasteiger charge is 2.22. The maximum Gasteiger partial charge on any atom is 0.231 e. The van der Waals surface area contributed by atoms with Gasteiger partial charge in [-0.2, -0.15) is 4.68 Å². The second kappa shape index (κ2) is 8.85. The van der Waals surface area contributed by atoms with E-state index in [1.807, 2.05) is 56.3 Å². The van der Waals surface area contributed by atoms with Crippen molar-refractivity contribution in [3.05, 3.63) is 59.4 Å². The van der Waals surface area contributed by atoms with Crippen molar-refractivity contribution in [2.75, 3.05) is 5.75 Å². The molecule has 30 heavy (non-hydrogen) atoms. The molecule has 2 heterocycles. The fraction of sp³-hybridized carbons (Fsp3) is 0.250. The van der Waals surface area contributed by atoms with E-state index in [1.165, 1.54) is 16.4 Å². The summed E-state index contributed by atoms with van der Waals surface area (Å²) in [4.78, 5) is 20.6. The topological polar surface area (TPSA) is 101 Å². The van der Waals surface area contributed by atoms with Gasteiger partial charge in [0.1, 0.15) is 5.82 Å². The van der Waals surface area contributed by atoms with Crippen LogP contribution in [0.5, 0.6) is 0 Å². The van der Waals surface area contributed by atoms with Gasteiger partial charge < -0.3 is 10.3 Å². The van der Waals surface area contributed by atoms with Gasteiger partial charge in [-0.1, -0.05) is 61.5 Å². The Morgan fingerprint density at radius 2 is 1.97 bits per heavy atom. The first-order valence-electron chi connectivity index (χ1n) is 9.43. The second-order valence-corrected chi connectivity index (χ2v) is 8.39. The van der Waals surface area contributed by atoms with Gasteiger partial charge in [0.15, 0.2) is 0 Å². The lowest BCUT2D eigenvalue weighted by Crippen LogP contribution is -2.33. The molecule has 0 spiro atoms. The van der Waals surface area contributed by atoms with Crippen molar-refractivity contribution in [2.24, 2.45) is 5.92 Å². The van der Waals surface area contributed by atoms with Crippen molar-refractivity contribution >= 4 is 40.3 Å². The number of benzene rings is 2. The number of halogens is 1. The lowest BCUT2D eigenvalue weighted by molar-refractivity contribution is -0.119. The van der Waals surface area contributed by atoms with Crippen LogP contribution in [0.15, 0.2) is 53.7 Å². The number of tetrazole rings is 1. The number of nitrogens with one attached hydrogen (secondary N) is 2. The van der Waals surface area contributed by atoms with Crippen molar-refractivity contribution in [3.63, 3.8) is 0 Å². The summed E-state index contributed by atoms with van der Waals surface area (Å²) in [5.74, 6) is 0.931. The number of imidazole rings is 1. The number of para-hydroxylation sites is 3. The number of carbonyl (C=O) groups is 1. The van der Waals surface area contributed by atoms with Gasteiger partial charge in [0.25, 0.3) is 0 Å². The molecule has 2 aromatic heterocycles. The van der Waals surface area contributed by atoms with Crippen LogP contribution in [0.25, 0.3) is 16.7 Å². The fourth-order valence-electron chi connectivity index (χ4n) is 3.06. The van der Waals surface area contributed by atoms with Gasteiger partial charge in [-0.05, 0) is 40.6 Å². The van der Waals surface area contributed by atoms with E-state index in [-0.39, 0.29) is 23.6 Å². The number of fused-ring (bicyclic) bond motifs is 1. The summed E-state index contributed by atoms with van der Waals surface area (Å²) < 4.78 is 1.53. The molecule has 4 rings (SSSR count). The summed E-state index contributed by atoms with van der Waals surface area (Å²) in [6, 6.07) is 14.8. The van der Waals surface area contributed by atoms with Crippen LogP contribution in [0.2, 0.25) is 5.02 Å². The number of carbonyl (C=O) groups excluding carboxylic acids is 1. The molecule has 10 heteroatoms. The molecule has 1 amide bonds. The van der Waals surface area contributed by atoms with Gasteiger partial charge in [-0.25, -0.2) is 4.98 Å². The average molecular weight is 442 g/mol. The monoisotopic (exact) mass is 441 g/mol. The Bertz CT molecular complexity index is 1140. The predicted octanol–water partition coefficient (Wildman–Crippen LogP) is 3.80. The molecule has 0 bridgehead atoms. The van der Waals surface area contributed by atoms with Gasteiger partial charge in [0.2, 0.25) is 11.1 Å². The molecule has 0 aliphatic heterocycles. The van der Waals surface area contributed by atoms with Crippen LogP contribution in [-0.4, -0.2) is 41.8 Å². The van der Waals surface area contributed by atoms with Crippen LogP contribution >= 0.6 is 23.4 Å². The number of hydrogen-bond acceptors (Lipinski definition) is 6. The Labute approximate surface area is 182 Å². The van der Waals surface area contributed by atoms with E-state index in [4.69, 9.17) is 11.6 Å². The number of nitrogens with zero attached hydrogens (tertiary/aromatic N) is 5. The largest absolute Gasteiger partial charge is 0.345 e. The van der Waals surface area contributed by atoms with E-state index in [1.54, 1.807) is 6.07 Å². The third-order valence-electron chi connectivity index (χ3n) is 4.54. The Balaban J connectivity index is 1.45. The van der Waals surface area contributed by atoms with Crippen LogP contribution in [0.1, 0.15) is 25.7 Å². The molecule has 154 valence electrons. The minimum Gasteiger partial charge on any atom is -0.345 e. The summed E-state index contributed by atoms with van der Waals surface area (Å²) in [7, 11) is 0. The van der Waals surface area contributed by atoms with Crippen LogP contribution in [0.3, 0.4) is 0 Å². The molecule has 2 aromatic carbocycles. The van der Waals surface area contributed by atoms with Gasteiger partial charge in [-0.15, -0.1) is 5.10 Å². The average Bonchev–Trinajstić information content (AvgIpc) is 3.37. The Morgan fingerprint density at radius 3 is 2.73 bits per heavy atom. The smallest absolute Gasteiger partial charge is 0.231 e. The zero-order valence-electron chi connectivity index (χ0n) is 16.4. The lowest BCUT2D eigenvalue weighted by Gasteiger charge is -2.20. The molecule has 0 saturated heterocycles. The maximum absolute atomic E-state index is 12.7. The van der Waals surface area contributed by atoms with Crippen LogP contribution < -0.4 is 5.32 Å². The Morgan fingerprint density at radius 1 is 1.20 bits per heavy atom. The standard InChI is InChI=1S/C20H20ClN7OS/c1-12(2)18(19-22-14-8-4-5-9-15(14)23-19)24-17(29)11-30-20-25-26-27-28(20)16-10-6-3-7-13(16)21/h3-10,12,18H,11H2,1-2H3,(H,22,23)(H,24,29)/t18-/m0/s1. The summed E-state index contributed by atoms with van der Waals surface area (Å²) in [5, 5.41) is 15.8. The quantitative estimate of drug-likeness (QED) is 0.423. The number of thioether (sulfide) groups is 1. The molecule has 2 N–H and O–H groups in total. The number of amides is 1. The van der Waals surface area contributed by atoms with E-state index in [2.05, 4.69) is 30.8 Å². The molecular formula is C20H20ClN7OS. The first-order chi connectivity index (χ1) is 14.5. The predicted molar refractivity (Wildman–Crippen MR) is 117 cm³/mol. The van der Waals surface area contributed by atoms with E-state index >= 15 is 0 Å². The SMILES string of the molecule is CC(C)[C@H](NC(=O)CSc1nnnn1-c1ccccc1Cl)c1nc2ccccc2[nH]1. The minimum atomic E-state index is -0.231. The van der Waals surface area contributed by atoms with Crippen molar-refractivity contribution in [3.8, 4) is 5.69 Å². The van der Waals surface area contributed by atoms with Gasteiger partial charge in [0, 0.05) is 0 Å². The fourth-order valence-corrected chi connectivity index (χ4v) is 3.97. The molecule has 1 atom stereocenters. The van der Waals surface area contributed by atoms with Crippen molar-refractivity contribution in [1.29, 1.82) is 0 Å². The van der Waals surface area contributed by atoms with Gasteiger partial charge in [-0.3, -0.25) is 4.79 Å². The second-order valence-electron chi connectivity index (χ2n) is 7.04. The number of H-pyrrole nitrogens is 1. The number of hydrogen-bond donors (Lipinski definition) is 2. The molecule has 0 radical (unpaired) electrons. The summed E-state index contributed by atoms with van der Waals surface area (Å²) in [6.45, 7) is 4.09. The van der Waals surface area contributed by atoms with E-state index in [0.29, 0.717) is 15.9 Å². The van der Waals surface area contributed by atoms with Crippen LogP contribution in [-0.2, 0) is 4.79 Å². The van der Waals surface area contributed by atoms with Crippen molar-refractivity contribution in [1.82, 2.24) is 35.5 Å². The third-order valence-corrected chi connectivity index (χ3v) is 5.78. The Kier molecular flexibility index (Phi) is 6.01. The zero-order chi connectivity index (χ0) is 21.1. The maximum atomic E-state index is 12.7. The Hall–Kier alpha value is -2.91. The van der Waals surface area contributed by atoms with Crippen molar-refractivity contribution in [2.45, 2.75) is 25.0 Å². The van der Waals surface area contributed by atoms with Crippen LogP contribution in [0.4, 0.5) is 0 Å². The van der Waals surface area contributed by atoms with Gasteiger partial charge in [0.05, 0.1) is 33.5 Å². The molecular weight excluding hydrogens is 422 g/mol. The zero-order valence-corrected chi connectivity index (χ0v) is 18.0. The lowest BCUT2D eigenvalue weighted by atomic mass is 10.0. The first kappa shape index (κ1) is 20.4. The summed E-state index contributed by atoms with van der Waals surface area (Å²) in [6.07, 6.45) is 0. The van der Waals surface area contributed by atoms with Crippen molar-refractivity contribution < 1.29 is 4.79 Å². The summed E-state index contributed by atoms with van der Waals surface area (Å²) >= 11 is 7.48. The van der Waals surface area contributed by atoms with Gasteiger partial charge >= 0.3 is 0 Å². The molecule has 0 aliphatic carbocycles. The molecule has 0 aliphatic rings. The summed E-state index contributed by atoms with van der Waals surface area (Å²) in [5.41, 5.74) is 2.48. The highest BCUT2D eigenvalue weighted by Crippen LogP contribution is 2.25. The molecule has 0 unspecified atom stereocenters. The normalized spacial score (nSPS) is 12.4. The first-order valence-corrected chi connectivity index (χ1v) is 10.8.